The van der Waals surface area contributed by atoms with Crippen molar-refractivity contribution < 1.29 is 13.9 Å². The summed E-state index contributed by atoms with van der Waals surface area (Å²) < 4.78 is 11.2. The van der Waals surface area contributed by atoms with E-state index in [-0.39, 0.29) is 12.0 Å². The van der Waals surface area contributed by atoms with Crippen molar-refractivity contribution in [3.8, 4) is 0 Å². The number of aromatic nitrogens is 1. The SMILES string of the molecule is O=C(c1ncoc1[C@@H]1CCCO1)N1CCCC2(CCCCC2)C1. The van der Waals surface area contributed by atoms with Crippen LogP contribution in [0.3, 0.4) is 0 Å². The predicted molar refractivity (Wildman–Crippen MR) is 85.1 cm³/mol. The van der Waals surface area contributed by atoms with Crippen LogP contribution in [0.5, 0.6) is 0 Å². The van der Waals surface area contributed by atoms with Gasteiger partial charge in [0.05, 0.1) is 0 Å². The minimum Gasteiger partial charge on any atom is -0.445 e. The Labute approximate surface area is 137 Å². The molecule has 1 aromatic rings. The number of carbonyl (C=O) groups excluding carboxylic acids is 1. The summed E-state index contributed by atoms with van der Waals surface area (Å²) in [4.78, 5) is 19.3. The average molecular weight is 318 g/mol. The fourth-order valence-electron chi connectivity index (χ4n) is 4.67. The lowest BCUT2D eigenvalue weighted by Crippen LogP contribution is -2.47. The van der Waals surface area contributed by atoms with Crippen molar-refractivity contribution in [2.24, 2.45) is 5.41 Å². The molecule has 0 aromatic carbocycles. The number of ether oxygens (including phenoxy) is 1. The van der Waals surface area contributed by atoms with Gasteiger partial charge in [-0.3, -0.25) is 4.79 Å². The predicted octanol–water partition coefficient (Wildman–Crippen LogP) is 3.71. The highest BCUT2D eigenvalue weighted by Crippen LogP contribution is 2.43. The van der Waals surface area contributed by atoms with Crippen LogP contribution in [-0.2, 0) is 4.74 Å². The molecule has 1 saturated carbocycles. The zero-order valence-corrected chi connectivity index (χ0v) is 13.8. The monoisotopic (exact) mass is 318 g/mol. The second kappa shape index (κ2) is 6.27. The first-order valence-corrected chi connectivity index (χ1v) is 9.12. The highest BCUT2D eigenvalue weighted by Gasteiger charge is 2.39. The van der Waals surface area contributed by atoms with Crippen LogP contribution < -0.4 is 0 Å². The molecule has 3 heterocycles. The quantitative estimate of drug-likeness (QED) is 0.834. The zero-order chi connectivity index (χ0) is 15.7. The first kappa shape index (κ1) is 15.2. The maximum absolute atomic E-state index is 13.0. The summed E-state index contributed by atoms with van der Waals surface area (Å²) in [5.41, 5.74) is 0.838. The van der Waals surface area contributed by atoms with Crippen molar-refractivity contribution in [2.45, 2.75) is 63.9 Å². The molecule has 2 aliphatic heterocycles. The fourth-order valence-corrected chi connectivity index (χ4v) is 4.67. The van der Waals surface area contributed by atoms with Crippen LogP contribution in [0.4, 0.5) is 0 Å². The van der Waals surface area contributed by atoms with E-state index in [4.69, 9.17) is 9.15 Å². The number of hydrogen-bond donors (Lipinski definition) is 0. The zero-order valence-electron chi connectivity index (χ0n) is 13.8. The second-order valence-corrected chi connectivity index (χ2v) is 7.46. The minimum absolute atomic E-state index is 0.0360. The van der Waals surface area contributed by atoms with E-state index in [0.29, 0.717) is 16.9 Å². The number of rotatable bonds is 2. The molecular formula is C18H26N2O3. The molecule has 0 radical (unpaired) electrons. The van der Waals surface area contributed by atoms with Gasteiger partial charge in [0.15, 0.2) is 17.8 Å². The topological polar surface area (TPSA) is 55.6 Å². The molecule has 23 heavy (non-hydrogen) atoms. The van der Waals surface area contributed by atoms with Gasteiger partial charge in [-0.05, 0) is 43.9 Å². The van der Waals surface area contributed by atoms with E-state index in [0.717, 1.165) is 39.0 Å². The van der Waals surface area contributed by atoms with Gasteiger partial charge in [-0.15, -0.1) is 0 Å². The molecule has 0 unspecified atom stereocenters. The Balaban J connectivity index is 1.51. The van der Waals surface area contributed by atoms with Crippen LogP contribution in [0, 0.1) is 5.41 Å². The van der Waals surface area contributed by atoms with Gasteiger partial charge >= 0.3 is 0 Å². The Bertz CT molecular complexity index is 551. The van der Waals surface area contributed by atoms with Crippen LogP contribution >= 0.6 is 0 Å². The van der Waals surface area contributed by atoms with E-state index in [9.17, 15) is 4.79 Å². The van der Waals surface area contributed by atoms with E-state index >= 15 is 0 Å². The van der Waals surface area contributed by atoms with Gasteiger partial charge in [-0.2, -0.15) is 0 Å². The van der Waals surface area contributed by atoms with E-state index in [1.165, 1.54) is 44.9 Å². The first-order valence-electron chi connectivity index (χ1n) is 9.12. The van der Waals surface area contributed by atoms with Gasteiger partial charge in [0.25, 0.3) is 5.91 Å². The molecule has 1 amide bonds. The van der Waals surface area contributed by atoms with Crippen molar-refractivity contribution in [1.29, 1.82) is 0 Å². The third-order valence-corrected chi connectivity index (χ3v) is 5.88. The van der Waals surface area contributed by atoms with E-state index in [1.54, 1.807) is 0 Å². The second-order valence-electron chi connectivity index (χ2n) is 7.46. The summed E-state index contributed by atoms with van der Waals surface area (Å²) in [7, 11) is 0. The maximum atomic E-state index is 13.0. The van der Waals surface area contributed by atoms with E-state index in [1.807, 2.05) is 4.90 Å². The van der Waals surface area contributed by atoms with E-state index < -0.39 is 0 Å². The number of hydrogen-bond acceptors (Lipinski definition) is 4. The molecule has 4 rings (SSSR count). The summed E-state index contributed by atoms with van der Waals surface area (Å²) in [5, 5.41) is 0. The lowest BCUT2D eigenvalue weighted by Gasteiger charge is -2.45. The smallest absolute Gasteiger partial charge is 0.276 e. The van der Waals surface area contributed by atoms with Crippen LogP contribution in [0.2, 0.25) is 0 Å². The lowest BCUT2D eigenvalue weighted by atomic mass is 9.69. The van der Waals surface area contributed by atoms with Crippen LogP contribution in [0.1, 0.15) is 80.1 Å². The van der Waals surface area contributed by atoms with Crippen molar-refractivity contribution in [3.63, 3.8) is 0 Å². The summed E-state index contributed by atoms with van der Waals surface area (Å²) in [6.45, 7) is 2.48. The van der Waals surface area contributed by atoms with Crippen LogP contribution in [0.25, 0.3) is 0 Å². The number of nitrogens with zero attached hydrogens (tertiary/aromatic N) is 2. The molecular weight excluding hydrogens is 292 g/mol. The van der Waals surface area contributed by atoms with Gasteiger partial charge in [0, 0.05) is 19.7 Å². The highest BCUT2D eigenvalue weighted by atomic mass is 16.5. The van der Waals surface area contributed by atoms with Gasteiger partial charge in [0.2, 0.25) is 0 Å². The normalized spacial score (nSPS) is 27.5. The molecule has 3 aliphatic rings. The summed E-state index contributed by atoms with van der Waals surface area (Å²) in [5.74, 6) is 0.671. The fraction of sp³-hybridized carbons (Fsp3) is 0.778. The molecule has 126 valence electrons. The minimum atomic E-state index is -0.0927. The van der Waals surface area contributed by atoms with Crippen molar-refractivity contribution in [1.82, 2.24) is 9.88 Å². The molecule has 1 aliphatic carbocycles. The summed E-state index contributed by atoms with van der Waals surface area (Å²) in [6.07, 6.45) is 12.1. The standard InChI is InChI=1S/C18H26N2O3/c21-17(15-16(23-13-19-15)14-6-4-11-22-14)20-10-5-9-18(12-20)7-2-1-3-8-18/h13-14H,1-12H2/t14-/m0/s1. The number of likely N-dealkylation sites (tertiary alicyclic amines) is 1. The van der Waals surface area contributed by atoms with Crippen LogP contribution in [0.15, 0.2) is 10.8 Å². The number of oxazole rings is 1. The third-order valence-electron chi connectivity index (χ3n) is 5.88. The third kappa shape index (κ3) is 2.91. The first-order chi connectivity index (χ1) is 11.3. The molecule has 0 N–H and O–H groups in total. The molecule has 5 nitrogen and oxygen atoms in total. The molecule has 1 aromatic heterocycles. The maximum Gasteiger partial charge on any atom is 0.276 e. The Hall–Kier alpha value is -1.36. The molecule has 0 bridgehead atoms. The Morgan fingerprint density at radius 3 is 2.78 bits per heavy atom. The summed E-state index contributed by atoms with van der Waals surface area (Å²) >= 11 is 0. The Morgan fingerprint density at radius 1 is 1.17 bits per heavy atom. The highest BCUT2D eigenvalue weighted by molar-refractivity contribution is 5.93. The van der Waals surface area contributed by atoms with Crippen molar-refractivity contribution >= 4 is 5.91 Å². The number of amides is 1. The molecule has 3 fully saturated rings. The Morgan fingerprint density at radius 2 is 2.00 bits per heavy atom. The summed E-state index contributed by atoms with van der Waals surface area (Å²) in [6, 6.07) is 0. The molecule has 5 heteroatoms. The largest absolute Gasteiger partial charge is 0.445 e. The lowest BCUT2D eigenvalue weighted by molar-refractivity contribution is 0.0369. The van der Waals surface area contributed by atoms with Gasteiger partial charge in [-0.25, -0.2) is 4.98 Å². The Kier molecular flexibility index (Phi) is 4.14. The number of piperidine rings is 1. The molecule has 2 saturated heterocycles. The molecule has 1 atom stereocenters. The average Bonchev–Trinajstić information content (AvgIpc) is 3.26. The number of carbonyl (C=O) groups is 1. The molecule has 1 spiro atoms. The van der Waals surface area contributed by atoms with Crippen molar-refractivity contribution in [3.05, 3.63) is 17.8 Å². The van der Waals surface area contributed by atoms with E-state index in [2.05, 4.69) is 4.98 Å². The van der Waals surface area contributed by atoms with Gasteiger partial charge in [-0.1, -0.05) is 19.3 Å². The van der Waals surface area contributed by atoms with Crippen LogP contribution in [-0.4, -0.2) is 35.5 Å². The van der Waals surface area contributed by atoms with Gasteiger partial charge < -0.3 is 14.1 Å². The van der Waals surface area contributed by atoms with Gasteiger partial charge in [0.1, 0.15) is 6.10 Å². The van der Waals surface area contributed by atoms with Crippen molar-refractivity contribution in [2.75, 3.05) is 19.7 Å².